The molecule has 3 heterocycles. The zero-order valence-corrected chi connectivity index (χ0v) is 24.0. The molecule has 0 amide bonds. The van der Waals surface area contributed by atoms with E-state index < -0.39 is 0 Å². The van der Waals surface area contributed by atoms with Crippen molar-refractivity contribution in [2.45, 2.75) is 12.5 Å². The summed E-state index contributed by atoms with van der Waals surface area (Å²) in [5.74, 6) is 1.42. The van der Waals surface area contributed by atoms with Crippen molar-refractivity contribution in [2.24, 2.45) is 0 Å². The Morgan fingerprint density at radius 3 is 2.38 bits per heavy atom. The highest BCUT2D eigenvalue weighted by Crippen LogP contribution is 2.38. The molecular formula is C31H33Cl2N3O4. The molecule has 0 bridgehead atoms. The van der Waals surface area contributed by atoms with Crippen LogP contribution < -0.4 is 9.47 Å². The second-order valence-corrected chi connectivity index (χ2v) is 10.8. The minimum absolute atomic E-state index is 0.210. The Bertz CT molecular complexity index is 1400. The molecule has 9 heteroatoms. The molecular weight excluding hydrogens is 549 g/mol. The van der Waals surface area contributed by atoms with Gasteiger partial charge >= 0.3 is 0 Å². The number of aromatic nitrogens is 1. The number of benzene rings is 3. The molecule has 1 saturated heterocycles. The Hall–Kier alpha value is -3.07. The van der Waals surface area contributed by atoms with Crippen molar-refractivity contribution in [3.63, 3.8) is 0 Å². The molecule has 7 nitrogen and oxygen atoms in total. The van der Waals surface area contributed by atoms with Crippen LogP contribution in [0.2, 0.25) is 10.0 Å². The predicted octanol–water partition coefficient (Wildman–Crippen LogP) is 5.98. The van der Waals surface area contributed by atoms with Crippen LogP contribution in [-0.4, -0.2) is 74.3 Å². The Kier molecular flexibility index (Phi) is 9.62. The number of H-pyrrole nitrogens is 1. The van der Waals surface area contributed by atoms with Crippen molar-refractivity contribution in [3.05, 3.63) is 93.6 Å². The molecule has 1 fully saturated rings. The second-order valence-electron chi connectivity index (χ2n) is 9.88. The van der Waals surface area contributed by atoms with Crippen LogP contribution >= 0.6 is 23.2 Å². The number of carbonyl (C=O) groups excluding carboxylic acids is 1. The molecule has 6 rings (SSSR count). The van der Waals surface area contributed by atoms with Gasteiger partial charge in [0.15, 0.2) is 0 Å². The molecule has 0 spiro atoms. The zero-order valence-electron chi connectivity index (χ0n) is 22.4. The van der Waals surface area contributed by atoms with Crippen molar-refractivity contribution in [1.29, 1.82) is 0 Å². The van der Waals surface area contributed by atoms with E-state index in [2.05, 4.69) is 63.0 Å². The van der Waals surface area contributed by atoms with Crippen LogP contribution in [0.1, 0.15) is 22.9 Å². The number of halogens is 2. The van der Waals surface area contributed by atoms with Crippen LogP contribution in [0, 0.1) is 0 Å². The number of aromatic amines is 1. The number of carbonyl (C=O) groups is 1. The van der Waals surface area contributed by atoms with Gasteiger partial charge in [-0.25, -0.2) is 0 Å². The summed E-state index contributed by atoms with van der Waals surface area (Å²) in [6.07, 6.45) is 1.03. The lowest BCUT2D eigenvalue weighted by Crippen LogP contribution is -2.38. The molecule has 3 aromatic carbocycles. The third kappa shape index (κ3) is 6.97. The van der Waals surface area contributed by atoms with Crippen molar-refractivity contribution < 1.29 is 19.0 Å². The summed E-state index contributed by atoms with van der Waals surface area (Å²) in [6, 6.07) is 21.5. The number of rotatable bonds is 7. The lowest BCUT2D eigenvalue weighted by atomic mass is 9.93. The quantitative estimate of drug-likeness (QED) is 0.271. The van der Waals surface area contributed by atoms with Crippen LogP contribution in [0.15, 0.2) is 66.7 Å². The largest absolute Gasteiger partial charge is 0.492 e. The fraction of sp³-hybridized carbons (Fsp3) is 0.323. The average Bonchev–Trinajstić information content (AvgIpc) is 3.33. The van der Waals surface area contributed by atoms with E-state index in [1.807, 2.05) is 6.07 Å². The van der Waals surface area contributed by atoms with E-state index in [0.717, 1.165) is 62.1 Å². The molecule has 2 aliphatic rings. The van der Waals surface area contributed by atoms with Gasteiger partial charge in [-0.1, -0.05) is 35.3 Å². The van der Waals surface area contributed by atoms with E-state index >= 15 is 0 Å². The van der Waals surface area contributed by atoms with Crippen LogP contribution in [0.25, 0.3) is 10.9 Å². The number of ether oxygens (including phenoxy) is 3. The maximum atomic E-state index is 9.80. The van der Waals surface area contributed by atoms with Crippen molar-refractivity contribution in [1.82, 2.24) is 14.8 Å². The molecule has 0 saturated carbocycles. The van der Waals surface area contributed by atoms with Crippen molar-refractivity contribution in [3.8, 4) is 11.5 Å². The van der Waals surface area contributed by atoms with Gasteiger partial charge in [0.2, 0.25) is 0 Å². The number of hydrogen-bond donors (Lipinski definition) is 1. The highest BCUT2D eigenvalue weighted by atomic mass is 35.5. The van der Waals surface area contributed by atoms with E-state index in [0.29, 0.717) is 23.9 Å². The third-order valence-corrected chi connectivity index (χ3v) is 7.79. The van der Waals surface area contributed by atoms with Gasteiger partial charge < -0.3 is 19.2 Å². The van der Waals surface area contributed by atoms with Gasteiger partial charge in [0.25, 0.3) is 6.47 Å². The first kappa shape index (κ1) is 28.5. The number of nitrogens with one attached hydrogen (secondary N) is 1. The summed E-state index contributed by atoms with van der Waals surface area (Å²) in [7, 11) is 2.19. The summed E-state index contributed by atoms with van der Waals surface area (Å²) in [5.41, 5.74) is 5.10. The fourth-order valence-electron chi connectivity index (χ4n) is 5.23. The molecule has 1 unspecified atom stereocenters. The molecule has 2 aliphatic heterocycles. The molecule has 4 aromatic rings. The smallest absolute Gasteiger partial charge is 0.298 e. The maximum absolute atomic E-state index is 9.80. The average molecular weight is 583 g/mol. The Labute approximate surface area is 244 Å². The summed E-state index contributed by atoms with van der Waals surface area (Å²) in [5, 5.41) is 2.66. The van der Waals surface area contributed by atoms with Gasteiger partial charge in [-0.15, -0.1) is 0 Å². The standard InChI is InChI=1S/C24H28ClN3O2.C7H5ClO2/c1-27-9-8-20-21-16-18(25)4-7-22(21)26-23(20)24(27)17-2-5-19(6-3-17)30-15-12-28-10-13-29-14-11-28;8-6-1-3-7(4-2-6)10-5-9/h2-7,16,24,26H,8-15H2,1H3;1-5H. The van der Waals surface area contributed by atoms with Gasteiger partial charge in [0.1, 0.15) is 18.1 Å². The Balaban J connectivity index is 0.000000274. The Morgan fingerprint density at radius 1 is 0.950 bits per heavy atom. The van der Waals surface area contributed by atoms with Crippen molar-refractivity contribution in [2.75, 3.05) is 53.0 Å². The minimum Gasteiger partial charge on any atom is -0.492 e. The molecule has 1 atom stereocenters. The number of nitrogens with zero attached hydrogens (tertiary/aromatic N) is 2. The number of fused-ring (bicyclic) bond motifs is 3. The first-order valence-corrected chi connectivity index (χ1v) is 14.2. The van der Waals surface area contributed by atoms with E-state index in [9.17, 15) is 4.79 Å². The summed E-state index contributed by atoms with van der Waals surface area (Å²) in [6.45, 7) is 6.69. The molecule has 40 heavy (non-hydrogen) atoms. The van der Waals surface area contributed by atoms with Crippen molar-refractivity contribution >= 4 is 40.6 Å². The zero-order chi connectivity index (χ0) is 27.9. The summed E-state index contributed by atoms with van der Waals surface area (Å²) in [4.78, 5) is 18.3. The summed E-state index contributed by atoms with van der Waals surface area (Å²) >= 11 is 11.8. The minimum atomic E-state index is 0.210. The fourth-order valence-corrected chi connectivity index (χ4v) is 5.53. The lowest BCUT2D eigenvalue weighted by molar-refractivity contribution is -0.120. The second kappa shape index (κ2) is 13.5. The van der Waals surface area contributed by atoms with E-state index in [1.54, 1.807) is 24.3 Å². The number of hydrogen-bond acceptors (Lipinski definition) is 6. The topological polar surface area (TPSA) is 67.0 Å². The number of likely N-dealkylation sites (N-methyl/N-ethyl adjacent to an activating group) is 1. The van der Waals surface area contributed by atoms with Crippen LogP contribution in [0.5, 0.6) is 11.5 Å². The molecule has 1 N–H and O–H groups in total. The maximum Gasteiger partial charge on any atom is 0.298 e. The van der Waals surface area contributed by atoms with Crippen LogP contribution in [0.4, 0.5) is 0 Å². The third-order valence-electron chi connectivity index (χ3n) is 7.30. The van der Waals surface area contributed by atoms with E-state index in [1.165, 1.54) is 22.2 Å². The van der Waals surface area contributed by atoms with E-state index in [4.69, 9.17) is 32.7 Å². The monoisotopic (exact) mass is 581 g/mol. The Morgan fingerprint density at radius 2 is 1.65 bits per heavy atom. The predicted molar refractivity (Wildman–Crippen MR) is 159 cm³/mol. The van der Waals surface area contributed by atoms with E-state index in [-0.39, 0.29) is 6.04 Å². The normalized spacial score (nSPS) is 17.5. The van der Waals surface area contributed by atoms with Gasteiger partial charge in [0.05, 0.1) is 19.3 Å². The van der Waals surface area contributed by atoms with Crippen LogP contribution in [0.3, 0.4) is 0 Å². The number of morpholine rings is 1. The molecule has 0 aliphatic carbocycles. The highest BCUT2D eigenvalue weighted by molar-refractivity contribution is 6.31. The molecule has 0 radical (unpaired) electrons. The first-order valence-electron chi connectivity index (χ1n) is 13.4. The van der Waals surface area contributed by atoms with Gasteiger partial charge in [-0.3, -0.25) is 14.6 Å². The van der Waals surface area contributed by atoms with Gasteiger partial charge in [-0.2, -0.15) is 0 Å². The SMILES string of the molecule is CN1CCc2c([nH]c3ccc(Cl)cc23)C1c1ccc(OCCN2CCOCC2)cc1.O=COc1ccc(Cl)cc1. The molecule has 1 aromatic heterocycles. The first-order chi connectivity index (χ1) is 19.5. The van der Waals surface area contributed by atoms with Gasteiger partial charge in [0, 0.05) is 52.8 Å². The van der Waals surface area contributed by atoms with Gasteiger partial charge in [-0.05, 0) is 79.2 Å². The highest BCUT2D eigenvalue weighted by Gasteiger charge is 2.29. The molecule has 210 valence electrons. The van der Waals surface area contributed by atoms with Crippen LogP contribution in [-0.2, 0) is 16.0 Å². The lowest BCUT2D eigenvalue weighted by Gasteiger charge is -2.33. The summed E-state index contributed by atoms with van der Waals surface area (Å²) < 4.78 is 15.9.